The molecular weight excluding hydrogens is 408 g/mol. The van der Waals surface area contributed by atoms with E-state index in [2.05, 4.69) is 31.5 Å². The number of hydrogen-bond acceptors (Lipinski definition) is 6. The van der Waals surface area contributed by atoms with E-state index < -0.39 is 5.60 Å². The molecule has 7 heteroatoms. The molecule has 148 valence electrons. The van der Waals surface area contributed by atoms with Crippen molar-refractivity contribution >= 4 is 27.7 Å². The summed E-state index contributed by atoms with van der Waals surface area (Å²) in [7, 11) is 0. The zero-order valence-corrected chi connectivity index (χ0v) is 17.2. The van der Waals surface area contributed by atoms with Crippen LogP contribution in [0.3, 0.4) is 0 Å². The molecule has 5 fully saturated rings. The standard InChI is InChI=1S/C20H29BrN4O2/c21-16-10-22-18(23-14-1-3-15(26)4-2-14)24-17(16)25-19-6-12-5-13(7-19)9-20(27,8-12)11-19/h10,12-15,26-27H,1-9,11H2,(H2,22,23,24,25). The van der Waals surface area contributed by atoms with Crippen LogP contribution >= 0.6 is 15.9 Å². The summed E-state index contributed by atoms with van der Waals surface area (Å²) >= 11 is 3.61. The summed E-state index contributed by atoms with van der Waals surface area (Å²) in [6.07, 6.45) is 11.5. The van der Waals surface area contributed by atoms with Crippen LogP contribution in [0.1, 0.15) is 64.2 Å². The molecule has 5 aliphatic rings. The molecule has 5 aliphatic carbocycles. The molecule has 2 atom stereocenters. The molecule has 0 aliphatic heterocycles. The highest BCUT2D eigenvalue weighted by molar-refractivity contribution is 9.10. The van der Waals surface area contributed by atoms with Crippen LogP contribution in [0.2, 0.25) is 0 Å². The van der Waals surface area contributed by atoms with Crippen molar-refractivity contribution in [3.8, 4) is 0 Å². The van der Waals surface area contributed by atoms with Crippen LogP contribution in [0.25, 0.3) is 0 Å². The van der Waals surface area contributed by atoms with Gasteiger partial charge in [-0.05, 0) is 92.0 Å². The van der Waals surface area contributed by atoms with Crippen LogP contribution in [-0.2, 0) is 0 Å². The summed E-state index contributed by atoms with van der Waals surface area (Å²) in [6, 6.07) is 0.322. The number of rotatable bonds is 4. The minimum absolute atomic E-state index is 0.0398. The molecule has 0 spiro atoms. The second-order valence-corrected chi connectivity index (χ2v) is 10.5. The third kappa shape index (κ3) is 3.58. The number of aliphatic hydroxyl groups excluding tert-OH is 1. The van der Waals surface area contributed by atoms with Gasteiger partial charge in [0, 0.05) is 17.8 Å². The van der Waals surface area contributed by atoms with Gasteiger partial charge in [-0.1, -0.05) is 0 Å². The number of aromatic nitrogens is 2. The highest BCUT2D eigenvalue weighted by atomic mass is 79.9. The second-order valence-electron chi connectivity index (χ2n) is 9.63. The van der Waals surface area contributed by atoms with Crippen molar-refractivity contribution < 1.29 is 10.2 Å². The van der Waals surface area contributed by atoms with Gasteiger partial charge in [0.1, 0.15) is 5.82 Å². The molecule has 0 saturated heterocycles. The average molecular weight is 437 g/mol. The number of nitrogens with zero attached hydrogens (tertiary/aromatic N) is 2. The molecule has 6 nitrogen and oxygen atoms in total. The first-order valence-electron chi connectivity index (χ1n) is 10.4. The van der Waals surface area contributed by atoms with Gasteiger partial charge < -0.3 is 20.8 Å². The highest BCUT2D eigenvalue weighted by Crippen LogP contribution is 2.58. The van der Waals surface area contributed by atoms with E-state index in [9.17, 15) is 10.2 Å². The Morgan fingerprint density at radius 2 is 1.78 bits per heavy atom. The number of nitrogens with one attached hydrogen (secondary N) is 2. The van der Waals surface area contributed by atoms with E-state index in [1.807, 2.05) is 6.20 Å². The lowest BCUT2D eigenvalue weighted by molar-refractivity contribution is -0.127. The lowest BCUT2D eigenvalue weighted by Gasteiger charge is -2.60. The Bertz CT molecular complexity index is 708. The molecule has 4 bridgehead atoms. The first-order chi connectivity index (χ1) is 12.9. The summed E-state index contributed by atoms with van der Waals surface area (Å²) in [4.78, 5) is 9.20. The molecule has 5 saturated carbocycles. The molecule has 4 N–H and O–H groups in total. The lowest BCUT2D eigenvalue weighted by atomic mass is 9.51. The van der Waals surface area contributed by atoms with Gasteiger partial charge in [-0.2, -0.15) is 4.98 Å². The number of halogens is 1. The first kappa shape index (κ1) is 18.1. The van der Waals surface area contributed by atoms with Crippen LogP contribution in [0.5, 0.6) is 0 Å². The van der Waals surface area contributed by atoms with Crippen molar-refractivity contribution in [1.82, 2.24) is 9.97 Å². The Morgan fingerprint density at radius 3 is 2.44 bits per heavy atom. The maximum Gasteiger partial charge on any atom is 0.224 e. The minimum atomic E-state index is -0.486. The number of hydrogen-bond donors (Lipinski definition) is 4. The molecule has 1 aromatic rings. The van der Waals surface area contributed by atoms with Crippen LogP contribution < -0.4 is 10.6 Å². The Kier molecular flexibility index (Phi) is 4.41. The summed E-state index contributed by atoms with van der Waals surface area (Å²) in [6.45, 7) is 0. The Hall–Kier alpha value is -0.920. The Balaban J connectivity index is 1.33. The third-order valence-electron chi connectivity index (χ3n) is 7.19. The number of aliphatic hydroxyl groups is 2. The fraction of sp³-hybridized carbons (Fsp3) is 0.800. The van der Waals surface area contributed by atoms with Crippen molar-refractivity contribution in [2.45, 2.75) is 87.5 Å². The van der Waals surface area contributed by atoms with Gasteiger partial charge in [0.25, 0.3) is 0 Å². The van der Waals surface area contributed by atoms with E-state index in [1.165, 1.54) is 6.42 Å². The average Bonchev–Trinajstić information content (AvgIpc) is 2.57. The SMILES string of the molecule is OC1CCC(Nc2ncc(Br)c(NC34CC5CC(CC(O)(C5)C3)C4)n2)CC1. The van der Waals surface area contributed by atoms with Crippen LogP contribution in [0, 0.1) is 11.8 Å². The molecule has 0 radical (unpaired) electrons. The topological polar surface area (TPSA) is 90.3 Å². The van der Waals surface area contributed by atoms with Crippen LogP contribution in [0.4, 0.5) is 11.8 Å². The zero-order chi connectivity index (χ0) is 18.6. The lowest BCUT2D eigenvalue weighted by Crippen LogP contribution is -2.62. The van der Waals surface area contributed by atoms with E-state index in [1.54, 1.807) is 0 Å². The Morgan fingerprint density at radius 1 is 1.07 bits per heavy atom. The molecule has 27 heavy (non-hydrogen) atoms. The summed E-state index contributed by atoms with van der Waals surface area (Å²) in [5, 5.41) is 27.8. The van der Waals surface area contributed by atoms with Gasteiger partial charge in [-0.3, -0.25) is 0 Å². The molecule has 1 aromatic heterocycles. The van der Waals surface area contributed by atoms with Crippen LogP contribution in [0.15, 0.2) is 10.7 Å². The van der Waals surface area contributed by atoms with Gasteiger partial charge >= 0.3 is 0 Å². The second kappa shape index (κ2) is 6.56. The molecule has 6 rings (SSSR count). The van der Waals surface area contributed by atoms with Crippen molar-refractivity contribution in [1.29, 1.82) is 0 Å². The predicted molar refractivity (Wildman–Crippen MR) is 108 cm³/mol. The van der Waals surface area contributed by atoms with Gasteiger partial charge in [-0.25, -0.2) is 4.98 Å². The van der Waals surface area contributed by atoms with E-state index in [-0.39, 0.29) is 11.6 Å². The largest absolute Gasteiger partial charge is 0.393 e. The predicted octanol–water partition coefficient (Wildman–Crippen LogP) is 3.45. The van der Waals surface area contributed by atoms with Gasteiger partial charge in [0.05, 0.1) is 16.2 Å². The minimum Gasteiger partial charge on any atom is -0.393 e. The van der Waals surface area contributed by atoms with Gasteiger partial charge in [0.2, 0.25) is 5.95 Å². The fourth-order valence-electron chi connectivity index (χ4n) is 6.54. The van der Waals surface area contributed by atoms with Crippen molar-refractivity contribution in [3.05, 3.63) is 10.7 Å². The van der Waals surface area contributed by atoms with E-state index in [4.69, 9.17) is 4.98 Å². The van der Waals surface area contributed by atoms with Crippen molar-refractivity contribution in [2.75, 3.05) is 10.6 Å². The normalized spacial score (nSPS) is 42.9. The van der Waals surface area contributed by atoms with E-state index in [0.717, 1.165) is 68.1 Å². The summed E-state index contributed by atoms with van der Waals surface area (Å²) < 4.78 is 0.870. The summed E-state index contributed by atoms with van der Waals surface area (Å²) in [5.41, 5.74) is -0.525. The smallest absolute Gasteiger partial charge is 0.224 e. The maximum absolute atomic E-state index is 11.0. The maximum atomic E-state index is 11.0. The molecule has 0 amide bonds. The van der Waals surface area contributed by atoms with Gasteiger partial charge in [0.15, 0.2) is 0 Å². The molecule has 2 unspecified atom stereocenters. The first-order valence-corrected chi connectivity index (χ1v) is 11.2. The number of anilines is 2. The molecule has 1 heterocycles. The summed E-state index contributed by atoms with van der Waals surface area (Å²) in [5.74, 6) is 2.74. The quantitative estimate of drug-likeness (QED) is 0.577. The highest BCUT2D eigenvalue weighted by Gasteiger charge is 2.57. The van der Waals surface area contributed by atoms with E-state index in [0.29, 0.717) is 23.8 Å². The van der Waals surface area contributed by atoms with Gasteiger partial charge in [-0.15, -0.1) is 0 Å². The molecular formula is C20H29BrN4O2. The van der Waals surface area contributed by atoms with E-state index >= 15 is 0 Å². The third-order valence-corrected chi connectivity index (χ3v) is 7.77. The van der Waals surface area contributed by atoms with Crippen molar-refractivity contribution in [2.24, 2.45) is 11.8 Å². The zero-order valence-electron chi connectivity index (χ0n) is 15.6. The fourth-order valence-corrected chi connectivity index (χ4v) is 6.83. The Labute approximate surface area is 168 Å². The monoisotopic (exact) mass is 436 g/mol. The molecule has 0 aromatic carbocycles. The van der Waals surface area contributed by atoms with Crippen LogP contribution in [-0.4, -0.2) is 43.5 Å². The van der Waals surface area contributed by atoms with Crippen molar-refractivity contribution in [3.63, 3.8) is 0 Å².